The van der Waals surface area contributed by atoms with Gasteiger partial charge in [0.2, 0.25) is 0 Å². The molecule has 0 atom stereocenters. The monoisotopic (exact) mass is 387 g/mol. The maximum Gasteiger partial charge on any atom is 0.268 e. The van der Waals surface area contributed by atoms with Gasteiger partial charge in [-0.25, -0.2) is 4.98 Å². The van der Waals surface area contributed by atoms with Crippen molar-refractivity contribution in [3.05, 3.63) is 38.8 Å². The van der Waals surface area contributed by atoms with Gasteiger partial charge in [-0.05, 0) is 44.0 Å². The summed E-state index contributed by atoms with van der Waals surface area (Å²) in [5, 5.41) is 2.75. The van der Waals surface area contributed by atoms with E-state index >= 15 is 0 Å². The minimum atomic E-state index is -0.183. The lowest BCUT2D eigenvalue weighted by atomic mass is 10.4. The lowest BCUT2D eigenvalue weighted by molar-refractivity contribution is 0.0953. The second-order valence-electron chi connectivity index (χ2n) is 3.67. The molecule has 2 aromatic rings. The van der Waals surface area contributed by atoms with Crippen molar-refractivity contribution >= 4 is 49.8 Å². The number of halogens is 2. The summed E-state index contributed by atoms with van der Waals surface area (Å²) in [6.45, 7) is 0.403. The Morgan fingerprint density at radius 2 is 2.32 bits per heavy atom. The molecule has 0 saturated heterocycles. The third-order valence-electron chi connectivity index (χ3n) is 2.26. The quantitative estimate of drug-likeness (QED) is 0.646. The number of hydrogen-bond donors (Lipinski definition) is 4. The van der Waals surface area contributed by atoms with Gasteiger partial charge < -0.3 is 21.0 Å². The molecule has 0 aliphatic heterocycles. The van der Waals surface area contributed by atoms with Gasteiger partial charge in [0.15, 0.2) is 5.95 Å². The molecule has 0 bridgehead atoms. The Bertz CT molecular complexity index is 597. The Hall–Kier alpha value is -1.54. The molecular weight excluding hydrogens is 378 g/mol. The molecule has 5 N–H and O–H groups in total. The largest absolute Gasteiger partial charge is 0.369 e. The highest BCUT2D eigenvalue weighted by Gasteiger charge is 2.09. The topological polar surface area (TPSA) is 99.6 Å². The minimum absolute atomic E-state index is 0.183. The summed E-state index contributed by atoms with van der Waals surface area (Å²) in [7, 11) is 0. The first kappa shape index (κ1) is 13.9. The van der Waals surface area contributed by atoms with Gasteiger partial charge in [0.1, 0.15) is 5.69 Å². The molecule has 2 rings (SSSR count). The SMILES string of the molecule is Nc1nc(/C=C\CNC(=O)c2cc(Br)c(Br)[nH]2)c[nH]1. The van der Waals surface area contributed by atoms with Gasteiger partial charge in [0.05, 0.1) is 14.8 Å². The maximum absolute atomic E-state index is 11.8. The Morgan fingerprint density at radius 1 is 1.53 bits per heavy atom. The van der Waals surface area contributed by atoms with E-state index in [0.717, 1.165) is 14.8 Å². The number of aromatic amines is 2. The number of nitrogens with zero attached hydrogens (tertiary/aromatic N) is 1. The molecule has 0 spiro atoms. The third-order valence-corrected chi connectivity index (χ3v) is 4.04. The van der Waals surface area contributed by atoms with Gasteiger partial charge in [-0.1, -0.05) is 6.08 Å². The molecule has 0 aliphatic carbocycles. The molecule has 0 aliphatic rings. The number of carbonyl (C=O) groups is 1. The van der Waals surface area contributed by atoms with Crippen molar-refractivity contribution in [1.82, 2.24) is 20.3 Å². The van der Waals surface area contributed by atoms with E-state index in [1.165, 1.54) is 0 Å². The summed E-state index contributed by atoms with van der Waals surface area (Å²) in [5.74, 6) is 0.183. The van der Waals surface area contributed by atoms with Gasteiger partial charge in [-0.3, -0.25) is 4.79 Å². The second-order valence-corrected chi connectivity index (χ2v) is 5.32. The zero-order valence-electron chi connectivity index (χ0n) is 9.71. The van der Waals surface area contributed by atoms with Crippen molar-refractivity contribution in [2.45, 2.75) is 0 Å². The molecular formula is C11H11Br2N5O. The van der Waals surface area contributed by atoms with E-state index in [2.05, 4.69) is 52.1 Å². The number of hydrogen-bond acceptors (Lipinski definition) is 3. The maximum atomic E-state index is 11.8. The number of aromatic nitrogens is 3. The zero-order valence-corrected chi connectivity index (χ0v) is 12.9. The fourth-order valence-electron chi connectivity index (χ4n) is 1.39. The highest BCUT2D eigenvalue weighted by atomic mass is 79.9. The number of anilines is 1. The van der Waals surface area contributed by atoms with Crippen LogP contribution in [0.15, 0.2) is 27.4 Å². The molecule has 0 fully saturated rings. The van der Waals surface area contributed by atoms with Crippen LogP contribution in [0.5, 0.6) is 0 Å². The normalized spacial score (nSPS) is 11.1. The summed E-state index contributed by atoms with van der Waals surface area (Å²) in [6, 6.07) is 1.71. The van der Waals surface area contributed by atoms with Crippen molar-refractivity contribution < 1.29 is 4.79 Å². The number of imidazole rings is 1. The molecule has 6 nitrogen and oxygen atoms in total. The number of rotatable bonds is 4. The molecule has 0 radical (unpaired) electrons. The van der Waals surface area contributed by atoms with Crippen LogP contribution in [0.2, 0.25) is 0 Å². The molecule has 2 heterocycles. The highest BCUT2D eigenvalue weighted by Crippen LogP contribution is 2.22. The van der Waals surface area contributed by atoms with Gasteiger partial charge in [0.25, 0.3) is 5.91 Å². The first-order valence-electron chi connectivity index (χ1n) is 5.36. The van der Waals surface area contributed by atoms with Crippen LogP contribution in [-0.4, -0.2) is 27.4 Å². The van der Waals surface area contributed by atoms with Gasteiger partial charge in [-0.2, -0.15) is 0 Å². The molecule has 0 saturated carbocycles. The van der Waals surface area contributed by atoms with Crippen LogP contribution < -0.4 is 11.1 Å². The fourth-order valence-corrected chi connectivity index (χ4v) is 2.05. The number of nitrogens with one attached hydrogen (secondary N) is 3. The van der Waals surface area contributed by atoms with Crippen LogP contribution in [0, 0.1) is 0 Å². The predicted molar refractivity (Wildman–Crippen MR) is 80.6 cm³/mol. The third kappa shape index (κ3) is 3.71. The van der Waals surface area contributed by atoms with Crippen LogP contribution in [0.4, 0.5) is 5.95 Å². The number of carbonyl (C=O) groups excluding carboxylic acids is 1. The Kier molecular flexibility index (Phi) is 4.43. The zero-order chi connectivity index (χ0) is 13.8. The van der Waals surface area contributed by atoms with E-state index in [0.29, 0.717) is 18.2 Å². The highest BCUT2D eigenvalue weighted by molar-refractivity contribution is 9.13. The molecule has 0 aromatic carbocycles. The summed E-state index contributed by atoms with van der Waals surface area (Å²) >= 11 is 6.58. The van der Waals surface area contributed by atoms with E-state index in [4.69, 9.17) is 5.73 Å². The lowest BCUT2D eigenvalue weighted by Crippen LogP contribution is -2.23. The number of nitrogen functional groups attached to an aromatic ring is 1. The average molecular weight is 389 g/mol. The van der Waals surface area contributed by atoms with E-state index in [1.807, 2.05) is 0 Å². The Labute approximate surface area is 126 Å². The molecule has 1 amide bonds. The minimum Gasteiger partial charge on any atom is -0.369 e. The van der Waals surface area contributed by atoms with Gasteiger partial charge in [0, 0.05) is 12.7 Å². The van der Waals surface area contributed by atoms with Crippen molar-refractivity contribution in [2.75, 3.05) is 12.3 Å². The molecule has 8 heteroatoms. The molecule has 2 aromatic heterocycles. The molecule has 19 heavy (non-hydrogen) atoms. The van der Waals surface area contributed by atoms with Crippen LogP contribution in [0.25, 0.3) is 6.08 Å². The second kappa shape index (κ2) is 6.07. The smallest absolute Gasteiger partial charge is 0.268 e. The summed E-state index contributed by atoms with van der Waals surface area (Å²) < 4.78 is 1.54. The van der Waals surface area contributed by atoms with Crippen LogP contribution in [-0.2, 0) is 0 Å². The first-order chi connectivity index (χ1) is 9.06. The van der Waals surface area contributed by atoms with Crippen LogP contribution in [0.1, 0.15) is 16.2 Å². The van der Waals surface area contributed by atoms with Gasteiger partial charge >= 0.3 is 0 Å². The Morgan fingerprint density at radius 3 is 2.89 bits per heavy atom. The summed E-state index contributed by atoms with van der Waals surface area (Å²) in [5.41, 5.74) is 6.64. The van der Waals surface area contributed by atoms with E-state index in [-0.39, 0.29) is 5.91 Å². The van der Waals surface area contributed by atoms with Crippen molar-refractivity contribution in [1.29, 1.82) is 0 Å². The van der Waals surface area contributed by atoms with Crippen LogP contribution in [0.3, 0.4) is 0 Å². The average Bonchev–Trinajstić information content (AvgIpc) is 2.92. The van der Waals surface area contributed by atoms with Gasteiger partial charge in [-0.15, -0.1) is 0 Å². The lowest BCUT2D eigenvalue weighted by Gasteiger charge is -1.98. The van der Waals surface area contributed by atoms with E-state index in [1.54, 1.807) is 24.4 Å². The summed E-state index contributed by atoms with van der Waals surface area (Å²) in [6.07, 6.45) is 5.25. The van der Waals surface area contributed by atoms with E-state index < -0.39 is 0 Å². The standard InChI is InChI=1S/C11H11Br2N5O/c12-7-4-8(18-9(7)13)10(19)15-3-1-2-6-5-16-11(14)17-6/h1-2,4-5,18H,3H2,(H,15,19)(H3,14,16,17)/b2-1-. The van der Waals surface area contributed by atoms with Crippen LogP contribution >= 0.6 is 31.9 Å². The fraction of sp³-hybridized carbons (Fsp3) is 0.0909. The summed E-state index contributed by atoms with van der Waals surface area (Å²) in [4.78, 5) is 21.4. The molecule has 0 unspecified atom stereocenters. The number of amides is 1. The number of H-pyrrole nitrogens is 2. The van der Waals surface area contributed by atoms with E-state index in [9.17, 15) is 4.79 Å². The van der Waals surface area contributed by atoms with Crippen molar-refractivity contribution in [3.8, 4) is 0 Å². The van der Waals surface area contributed by atoms with Crippen molar-refractivity contribution in [3.63, 3.8) is 0 Å². The predicted octanol–water partition coefficient (Wildman–Crippen LogP) is 2.29. The van der Waals surface area contributed by atoms with Crippen molar-refractivity contribution in [2.24, 2.45) is 0 Å². The number of nitrogens with two attached hydrogens (primary N) is 1. The first-order valence-corrected chi connectivity index (χ1v) is 6.94. The Balaban J connectivity index is 1.85. The molecule has 100 valence electrons.